The normalized spacial score (nSPS) is 14.8. The monoisotopic (exact) mass is 536 g/mol. The van der Waals surface area contributed by atoms with Crippen LogP contribution < -0.4 is 21.1 Å². The number of carbonyl (C=O) groups excluding carboxylic acids is 2. The molecule has 37 heavy (non-hydrogen) atoms. The molecule has 15 heteroatoms. The lowest BCUT2D eigenvalue weighted by atomic mass is 10.1. The fourth-order valence-electron chi connectivity index (χ4n) is 3.47. The highest BCUT2D eigenvalue weighted by atomic mass is 32.1. The Morgan fingerprint density at radius 1 is 1.11 bits per heavy atom. The fraction of sp³-hybridized carbons (Fsp3) is 0.318. The maximum absolute atomic E-state index is 12.9. The average Bonchev–Trinajstić information content (AvgIpc) is 3.29. The number of rotatable bonds is 7. The number of aromatic nitrogens is 3. The molecule has 0 bridgehead atoms. The average molecular weight is 537 g/mol. The number of piperazine rings is 1. The highest BCUT2D eigenvalue weighted by Crippen LogP contribution is 2.32. The Kier molecular flexibility index (Phi) is 7.85. The van der Waals surface area contributed by atoms with Crippen molar-refractivity contribution in [3.8, 4) is 16.3 Å². The van der Waals surface area contributed by atoms with E-state index in [1.807, 2.05) is 11.9 Å². The first kappa shape index (κ1) is 26.2. The van der Waals surface area contributed by atoms with E-state index in [-0.39, 0.29) is 22.9 Å². The number of likely N-dealkylation sites (N-methyl/N-ethyl adjacent to an activating group) is 1. The lowest BCUT2D eigenvalue weighted by Crippen LogP contribution is -2.47. The van der Waals surface area contributed by atoms with Gasteiger partial charge in [-0.05, 0) is 37.4 Å². The molecule has 1 saturated heterocycles. The third kappa shape index (κ3) is 7.34. The van der Waals surface area contributed by atoms with Gasteiger partial charge in [0, 0.05) is 43.5 Å². The van der Waals surface area contributed by atoms with Crippen molar-refractivity contribution in [1.29, 1.82) is 0 Å². The van der Waals surface area contributed by atoms with Gasteiger partial charge in [-0.1, -0.05) is 11.3 Å². The van der Waals surface area contributed by atoms with E-state index in [4.69, 9.17) is 5.73 Å². The zero-order valence-electron chi connectivity index (χ0n) is 19.6. The highest BCUT2D eigenvalue weighted by Gasteiger charge is 2.33. The van der Waals surface area contributed by atoms with Crippen molar-refractivity contribution in [2.24, 2.45) is 0 Å². The maximum Gasteiger partial charge on any atom is 0.573 e. The molecule has 0 aliphatic carbocycles. The molecule has 1 aliphatic rings. The van der Waals surface area contributed by atoms with Crippen LogP contribution in [-0.2, 0) is 4.79 Å². The Hall–Kier alpha value is -3.82. The van der Waals surface area contributed by atoms with E-state index in [2.05, 4.69) is 35.5 Å². The van der Waals surface area contributed by atoms with Crippen molar-refractivity contribution in [3.63, 3.8) is 0 Å². The number of benzene rings is 1. The summed E-state index contributed by atoms with van der Waals surface area (Å²) in [6, 6.07) is 6.53. The van der Waals surface area contributed by atoms with Crippen molar-refractivity contribution >= 4 is 39.8 Å². The highest BCUT2D eigenvalue weighted by molar-refractivity contribution is 7.18. The van der Waals surface area contributed by atoms with Crippen LogP contribution in [-0.4, -0.2) is 82.9 Å². The molecule has 0 radical (unpaired) electrons. The van der Waals surface area contributed by atoms with Crippen LogP contribution in [0.2, 0.25) is 0 Å². The fourth-order valence-corrected chi connectivity index (χ4v) is 4.20. The van der Waals surface area contributed by atoms with Gasteiger partial charge in [-0.15, -0.1) is 23.4 Å². The first-order valence-electron chi connectivity index (χ1n) is 11.0. The van der Waals surface area contributed by atoms with Gasteiger partial charge in [0.1, 0.15) is 5.82 Å². The smallest absolute Gasteiger partial charge is 0.404 e. The largest absolute Gasteiger partial charge is 0.573 e. The number of pyridine rings is 1. The number of nitrogens with one attached hydrogen (secondary N) is 2. The van der Waals surface area contributed by atoms with Crippen molar-refractivity contribution < 1.29 is 27.5 Å². The number of anilines is 3. The van der Waals surface area contributed by atoms with Crippen LogP contribution in [0.25, 0.3) is 10.6 Å². The Morgan fingerprint density at radius 3 is 2.54 bits per heavy atom. The summed E-state index contributed by atoms with van der Waals surface area (Å²) >= 11 is 1.07. The van der Waals surface area contributed by atoms with Gasteiger partial charge < -0.3 is 20.7 Å². The molecule has 4 N–H and O–H groups in total. The number of alkyl halides is 3. The molecule has 3 heterocycles. The van der Waals surface area contributed by atoms with E-state index in [1.54, 1.807) is 12.1 Å². The van der Waals surface area contributed by atoms with Gasteiger partial charge in [0.15, 0.2) is 10.8 Å². The van der Waals surface area contributed by atoms with E-state index in [1.165, 1.54) is 6.20 Å². The second kappa shape index (κ2) is 11.1. The minimum Gasteiger partial charge on any atom is -0.404 e. The van der Waals surface area contributed by atoms with Crippen molar-refractivity contribution in [2.75, 3.05) is 56.1 Å². The molecule has 1 aliphatic heterocycles. The van der Waals surface area contributed by atoms with E-state index < -0.39 is 23.9 Å². The summed E-state index contributed by atoms with van der Waals surface area (Å²) in [5.74, 6) is -1.48. The zero-order chi connectivity index (χ0) is 26.6. The third-order valence-electron chi connectivity index (χ3n) is 5.38. The van der Waals surface area contributed by atoms with Crippen molar-refractivity contribution in [1.82, 2.24) is 25.0 Å². The molecule has 4 rings (SSSR count). The second-order valence-corrected chi connectivity index (χ2v) is 9.20. The Morgan fingerprint density at radius 2 is 1.86 bits per heavy atom. The predicted octanol–water partition coefficient (Wildman–Crippen LogP) is 2.52. The number of carbonyl (C=O) groups is 2. The topological polar surface area (TPSA) is 139 Å². The van der Waals surface area contributed by atoms with Gasteiger partial charge in [0.05, 0.1) is 12.2 Å². The molecule has 1 fully saturated rings. The summed E-state index contributed by atoms with van der Waals surface area (Å²) in [7, 11) is 1.96. The first-order valence-corrected chi connectivity index (χ1v) is 11.8. The van der Waals surface area contributed by atoms with Crippen molar-refractivity contribution in [3.05, 3.63) is 42.1 Å². The summed E-state index contributed by atoms with van der Waals surface area (Å²) in [4.78, 5) is 33.4. The molecule has 2 amide bonds. The van der Waals surface area contributed by atoms with Crippen LogP contribution >= 0.6 is 11.3 Å². The van der Waals surface area contributed by atoms with E-state index >= 15 is 0 Å². The predicted molar refractivity (Wildman–Crippen MR) is 131 cm³/mol. The van der Waals surface area contributed by atoms with Crippen LogP contribution in [0.1, 0.15) is 10.4 Å². The summed E-state index contributed by atoms with van der Waals surface area (Å²) in [6.07, 6.45) is -3.47. The Balaban J connectivity index is 1.48. The van der Waals surface area contributed by atoms with E-state index in [0.717, 1.165) is 42.6 Å². The van der Waals surface area contributed by atoms with Crippen LogP contribution in [0, 0.1) is 0 Å². The molecular formula is C22H23F3N8O3S. The number of hydrogen-bond acceptors (Lipinski definition) is 10. The first-order chi connectivity index (χ1) is 17.6. The summed E-state index contributed by atoms with van der Waals surface area (Å²) in [6.45, 7) is 2.83. The molecule has 196 valence electrons. The molecule has 3 aromatic rings. The number of halogens is 3. The zero-order valence-corrected chi connectivity index (χ0v) is 20.4. The minimum absolute atomic E-state index is 0.0106. The summed E-state index contributed by atoms with van der Waals surface area (Å²) < 4.78 is 42.8. The molecule has 11 nitrogen and oxygen atoms in total. The quantitative estimate of drug-likeness (QED) is 0.416. The number of hydrogen-bond donors (Lipinski definition) is 3. The molecule has 2 aromatic heterocycles. The van der Waals surface area contributed by atoms with Gasteiger partial charge in [0.25, 0.3) is 5.91 Å². The number of nitrogens with zero attached hydrogens (tertiary/aromatic N) is 5. The molecule has 0 atom stereocenters. The summed E-state index contributed by atoms with van der Waals surface area (Å²) in [5, 5.41) is 13.5. The van der Waals surface area contributed by atoms with E-state index in [0.29, 0.717) is 29.5 Å². The van der Waals surface area contributed by atoms with Crippen LogP contribution in [0.15, 0.2) is 36.5 Å². The van der Waals surface area contributed by atoms with Gasteiger partial charge in [0.2, 0.25) is 11.0 Å². The molecule has 1 aromatic carbocycles. The number of ether oxygens (including phenoxy) is 1. The van der Waals surface area contributed by atoms with Gasteiger partial charge in [-0.2, -0.15) is 0 Å². The number of nitrogen functional groups attached to an aromatic ring is 1. The second-order valence-electron chi connectivity index (χ2n) is 8.22. The molecule has 0 saturated carbocycles. The number of amides is 2. The lowest BCUT2D eigenvalue weighted by molar-refractivity contribution is -0.274. The standard InChI is InChI=1S/C22H23F3N8O3S/c1-32-6-8-33(9-7-32)12-18(34)28-15-10-13(2-4-16(15)36-22(23,24)25)19(35)29-21-31-30-20(37-21)14-3-5-17(26)27-11-14/h2-5,10-11H,6-9,12H2,1H3,(H2,26,27)(H,28,34)(H,29,31,35). The molecule has 0 unspecified atom stereocenters. The Labute approximate surface area is 213 Å². The minimum atomic E-state index is -4.99. The van der Waals surface area contributed by atoms with Crippen molar-refractivity contribution in [2.45, 2.75) is 6.36 Å². The van der Waals surface area contributed by atoms with Gasteiger partial charge in [-0.25, -0.2) is 4.98 Å². The van der Waals surface area contributed by atoms with Crippen LogP contribution in [0.5, 0.6) is 5.75 Å². The number of nitrogens with two attached hydrogens (primary N) is 1. The lowest BCUT2D eigenvalue weighted by Gasteiger charge is -2.31. The third-order valence-corrected chi connectivity index (χ3v) is 6.27. The Bertz CT molecular complexity index is 1260. The van der Waals surface area contributed by atoms with Gasteiger partial charge >= 0.3 is 6.36 Å². The van der Waals surface area contributed by atoms with Crippen LogP contribution in [0.3, 0.4) is 0 Å². The van der Waals surface area contributed by atoms with Crippen LogP contribution in [0.4, 0.5) is 29.8 Å². The molecule has 0 spiro atoms. The summed E-state index contributed by atoms with van der Waals surface area (Å²) in [5.41, 5.74) is 5.92. The molecular weight excluding hydrogens is 513 g/mol. The SMILES string of the molecule is CN1CCN(CC(=O)Nc2cc(C(=O)Nc3nnc(-c4ccc(N)nc4)s3)ccc2OC(F)(F)F)CC1. The van der Waals surface area contributed by atoms with Gasteiger partial charge in [-0.3, -0.25) is 19.8 Å². The van der Waals surface area contributed by atoms with E-state index in [9.17, 15) is 22.8 Å². The maximum atomic E-state index is 12.9.